The Balaban J connectivity index is -0.0000000875. The van der Waals surface area contributed by atoms with Gasteiger partial charge in [-0.15, -0.1) is 0 Å². The Labute approximate surface area is 93.8 Å². The van der Waals surface area contributed by atoms with Crippen LogP contribution in [0.3, 0.4) is 0 Å². The molecule has 0 spiro atoms. The van der Waals surface area contributed by atoms with Crippen molar-refractivity contribution >= 4 is 12.4 Å². The molecule has 0 saturated carbocycles. The van der Waals surface area contributed by atoms with Gasteiger partial charge in [0.05, 0.1) is 0 Å². The SMILES string of the molecule is C1=NCN=C1.CC.CC.[Ar]. The van der Waals surface area contributed by atoms with Crippen LogP contribution < -0.4 is 0 Å². The minimum atomic E-state index is 0. The first-order valence-corrected chi connectivity index (χ1v) is 3.48. The first kappa shape index (κ1) is 16.9. The molecule has 0 aromatic heterocycles. The zero-order valence-corrected chi connectivity index (χ0v) is 7.82. The number of hydrogen-bond donors (Lipinski definition) is 0. The maximum Gasteiger partial charge on any atom is 0.129 e. The molecule has 3 heteroatoms. The Morgan fingerprint density at radius 3 is 1.30 bits per heavy atom. The molecule has 1 rings (SSSR count). The monoisotopic (exact) mass is 168 g/mol. The van der Waals surface area contributed by atoms with Gasteiger partial charge in [0, 0.05) is 50.2 Å². The Kier molecular flexibility index (Phi) is 38.3. The molecule has 0 fully saturated rings. The first-order chi connectivity index (χ1) is 4.50. The fraction of sp³-hybridized carbons (Fsp3) is 0.714. The summed E-state index contributed by atoms with van der Waals surface area (Å²) in [6.07, 6.45) is 3.39. The largest absolute Gasteiger partial charge is 0.268 e. The van der Waals surface area contributed by atoms with Crippen LogP contribution in [0.15, 0.2) is 9.98 Å². The molecular weight excluding hydrogens is 152 g/mol. The van der Waals surface area contributed by atoms with E-state index >= 15 is 0 Å². The second kappa shape index (κ2) is 22.6. The molecule has 0 radical (unpaired) electrons. The average Bonchev–Trinajstić information content (AvgIpc) is 2.51. The van der Waals surface area contributed by atoms with E-state index < -0.39 is 0 Å². The normalized spacial score (nSPS) is 10.0. The van der Waals surface area contributed by atoms with Crippen molar-refractivity contribution in [3.8, 4) is 0 Å². The van der Waals surface area contributed by atoms with Crippen LogP contribution in [0.1, 0.15) is 27.7 Å². The molecule has 0 amide bonds. The average molecular weight is 168 g/mol. The van der Waals surface area contributed by atoms with Crippen molar-refractivity contribution in [2.45, 2.75) is 27.7 Å². The van der Waals surface area contributed by atoms with Gasteiger partial charge in [0.25, 0.3) is 0 Å². The Morgan fingerprint density at radius 2 is 1.20 bits per heavy atom. The van der Waals surface area contributed by atoms with E-state index in [0.717, 1.165) is 0 Å². The molecule has 62 valence electrons. The Morgan fingerprint density at radius 1 is 0.900 bits per heavy atom. The minimum Gasteiger partial charge on any atom is -0.268 e. The summed E-state index contributed by atoms with van der Waals surface area (Å²) in [6.45, 7) is 8.64. The molecule has 0 aliphatic carbocycles. The molecule has 0 unspecified atom stereocenters. The van der Waals surface area contributed by atoms with Crippen LogP contribution >= 0.6 is 0 Å². The van der Waals surface area contributed by atoms with Gasteiger partial charge in [0.1, 0.15) is 6.67 Å². The maximum absolute atomic E-state index is 3.74. The summed E-state index contributed by atoms with van der Waals surface area (Å²) in [5, 5.41) is 0. The van der Waals surface area contributed by atoms with E-state index in [4.69, 9.17) is 0 Å². The summed E-state index contributed by atoms with van der Waals surface area (Å²) >= 11 is 0. The van der Waals surface area contributed by atoms with Crippen molar-refractivity contribution in [2.24, 2.45) is 9.98 Å². The molecule has 0 aromatic carbocycles. The van der Waals surface area contributed by atoms with Crippen molar-refractivity contribution < 1.29 is 37.7 Å². The fourth-order valence-corrected chi connectivity index (χ4v) is 0.236. The van der Waals surface area contributed by atoms with Gasteiger partial charge >= 0.3 is 0 Å². The van der Waals surface area contributed by atoms with Gasteiger partial charge in [0.2, 0.25) is 0 Å². The second-order valence-corrected chi connectivity index (χ2v) is 0.805. The summed E-state index contributed by atoms with van der Waals surface area (Å²) in [6, 6.07) is 0. The van der Waals surface area contributed by atoms with Crippen molar-refractivity contribution in [1.82, 2.24) is 0 Å². The molecule has 1 aliphatic rings. The molecular formula is C7H16ArN2. The Hall–Kier alpha value is 0.600. The quantitative estimate of drug-likeness (QED) is 0.529. The molecule has 1 heterocycles. The smallest absolute Gasteiger partial charge is 0.129 e. The van der Waals surface area contributed by atoms with Crippen LogP contribution in [0.2, 0.25) is 0 Å². The predicted octanol–water partition coefficient (Wildman–Crippen LogP) is 2.15. The van der Waals surface area contributed by atoms with Crippen molar-refractivity contribution in [2.75, 3.05) is 6.67 Å². The molecule has 0 saturated heterocycles. The van der Waals surface area contributed by atoms with E-state index in [1.807, 2.05) is 27.7 Å². The molecule has 10 heavy (non-hydrogen) atoms. The van der Waals surface area contributed by atoms with E-state index in [1.54, 1.807) is 12.4 Å². The summed E-state index contributed by atoms with van der Waals surface area (Å²) in [5.41, 5.74) is 0. The van der Waals surface area contributed by atoms with Crippen LogP contribution in [-0.2, 0) is 0 Å². The minimum absolute atomic E-state index is 0. The fourth-order valence-electron chi connectivity index (χ4n) is 0.236. The van der Waals surface area contributed by atoms with Gasteiger partial charge < -0.3 is 0 Å². The first-order valence-electron chi connectivity index (χ1n) is 3.48. The molecule has 0 bridgehead atoms. The third-order valence-corrected chi connectivity index (χ3v) is 0.441. The van der Waals surface area contributed by atoms with Crippen LogP contribution in [0.5, 0.6) is 0 Å². The van der Waals surface area contributed by atoms with E-state index in [0.29, 0.717) is 6.67 Å². The van der Waals surface area contributed by atoms with E-state index in [2.05, 4.69) is 9.98 Å². The van der Waals surface area contributed by atoms with Gasteiger partial charge in [0.15, 0.2) is 0 Å². The van der Waals surface area contributed by atoms with Crippen LogP contribution in [0.25, 0.3) is 0 Å². The summed E-state index contributed by atoms with van der Waals surface area (Å²) in [4.78, 5) is 7.47. The number of aliphatic imine (C=N–C) groups is 2. The third-order valence-electron chi connectivity index (χ3n) is 0.441. The van der Waals surface area contributed by atoms with Gasteiger partial charge in [-0.05, 0) is 0 Å². The zero-order chi connectivity index (χ0) is 7.54. The van der Waals surface area contributed by atoms with Crippen molar-refractivity contribution in [3.63, 3.8) is 0 Å². The van der Waals surface area contributed by atoms with Crippen molar-refractivity contribution in [3.05, 3.63) is 0 Å². The zero-order valence-electron chi connectivity index (χ0n) is 7.11. The summed E-state index contributed by atoms with van der Waals surface area (Å²) in [7, 11) is 0. The topological polar surface area (TPSA) is 24.7 Å². The molecule has 0 N–H and O–H groups in total. The van der Waals surface area contributed by atoms with Gasteiger partial charge in [-0.3, -0.25) is 9.98 Å². The predicted molar refractivity (Wildman–Crippen MR) is 44.5 cm³/mol. The second-order valence-electron chi connectivity index (χ2n) is 0.805. The van der Waals surface area contributed by atoms with Gasteiger partial charge in [-0.25, -0.2) is 0 Å². The van der Waals surface area contributed by atoms with Gasteiger partial charge in [-0.1, -0.05) is 27.7 Å². The standard InChI is InChI=1S/C3H4N2.2C2H6.Ar/c1-2-5-3-4-1;2*1-2;/h1-2H,3H2;2*1-2H3;. The third kappa shape index (κ3) is 15.8. The number of rotatable bonds is 0. The molecule has 0 aromatic rings. The Bertz CT molecular complexity index is 69.7. The molecule has 1 aliphatic heterocycles. The summed E-state index contributed by atoms with van der Waals surface area (Å²) in [5.74, 6) is 0. The van der Waals surface area contributed by atoms with Crippen LogP contribution in [-0.4, -0.2) is 19.1 Å². The van der Waals surface area contributed by atoms with Crippen LogP contribution in [0.4, 0.5) is 0 Å². The van der Waals surface area contributed by atoms with Crippen LogP contribution in [0, 0.1) is 37.7 Å². The van der Waals surface area contributed by atoms with E-state index in [9.17, 15) is 0 Å². The molecule has 2 nitrogen and oxygen atoms in total. The van der Waals surface area contributed by atoms with E-state index in [1.165, 1.54) is 0 Å². The number of nitrogens with zero attached hydrogens (tertiary/aromatic N) is 2. The number of hydrogen-bond acceptors (Lipinski definition) is 2. The maximum atomic E-state index is 3.74. The van der Waals surface area contributed by atoms with E-state index in [-0.39, 0.29) is 37.7 Å². The van der Waals surface area contributed by atoms with Crippen molar-refractivity contribution in [1.29, 1.82) is 0 Å². The van der Waals surface area contributed by atoms with Gasteiger partial charge in [-0.2, -0.15) is 0 Å². The summed E-state index contributed by atoms with van der Waals surface area (Å²) < 4.78 is 0. The molecule has 0 atom stereocenters.